The summed E-state index contributed by atoms with van der Waals surface area (Å²) in [7, 11) is 0. The lowest BCUT2D eigenvalue weighted by molar-refractivity contribution is 0.199. The summed E-state index contributed by atoms with van der Waals surface area (Å²) in [5, 5.41) is 9.43. The monoisotopic (exact) mass is 288 g/mol. The van der Waals surface area contributed by atoms with E-state index in [9.17, 15) is 5.11 Å². The van der Waals surface area contributed by atoms with Gasteiger partial charge in [-0.15, -0.1) is 11.8 Å². The van der Waals surface area contributed by atoms with Crippen LogP contribution in [0.15, 0.2) is 27.6 Å². The zero-order valence-corrected chi connectivity index (χ0v) is 11.7. The van der Waals surface area contributed by atoms with E-state index in [4.69, 9.17) is 0 Å². The lowest BCUT2D eigenvalue weighted by Crippen LogP contribution is -1.93. The van der Waals surface area contributed by atoms with E-state index in [0.29, 0.717) is 5.92 Å². The smallest absolute Gasteiger partial charge is 0.0762 e. The van der Waals surface area contributed by atoms with Crippen molar-refractivity contribution in [3.63, 3.8) is 0 Å². The van der Waals surface area contributed by atoms with Gasteiger partial charge in [0, 0.05) is 15.1 Å². The Bertz CT molecular complexity index is 323. The summed E-state index contributed by atoms with van der Waals surface area (Å²) in [6.07, 6.45) is -0.398. The van der Waals surface area contributed by atoms with Crippen molar-refractivity contribution in [2.75, 3.05) is 5.75 Å². The van der Waals surface area contributed by atoms with Gasteiger partial charge in [-0.05, 0) is 46.5 Å². The molecule has 0 amide bonds. The molecule has 1 atom stereocenters. The Labute approximate surface area is 104 Å². The fraction of sp³-hybridized carbons (Fsp3) is 0.500. The fourth-order valence-corrected chi connectivity index (χ4v) is 2.76. The third-order valence-corrected chi connectivity index (χ3v) is 4.43. The second-order valence-electron chi connectivity index (χ2n) is 4.07. The highest BCUT2D eigenvalue weighted by Gasteiger charge is 2.06. The predicted molar refractivity (Wildman–Crippen MR) is 70.3 cm³/mol. The molecule has 15 heavy (non-hydrogen) atoms. The van der Waals surface area contributed by atoms with Crippen LogP contribution in [0.3, 0.4) is 0 Å². The minimum absolute atomic E-state index is 0.398. The molecular weight excluding hydrogens is 272 g/mol. The molecule has 0 fully saturated rings. The zero-order valence-electron chi connectivity index (χ0n) is 9.33. The van der Waals surface area contributed by atoms with Gasteiger partial charge in [0.2, 0.25) is 0 Å². The van der Waals surface area contributed by atoms with Crippen LogP contribution in [0, 0.1) is 5.92 Å². The number of hydrogen-bond acceptors (Lipinski definition) is 2. The Morgan fingerprint density at radius 1 is 1.33 bits per heavy atom. The number of hydrogen-bond donors (Lipinski definition) is 1. The van der Waals surface area contributed by atoms with Gasteiger partial charge < -0.3 is 5.11 Å². The Morgan fingerprint density at radius 3 is 2.47 bits per heavy atom. The molecule has 0 bridgehead atoms. The first kappa shape index (κ1) is 13.1. The molecule has 0 aromatic heterocycles. The number of benzene rings is 1. The van der Waals surface area contributed by atoms with E-state index in [1.807, 2.05) is 23.9 Å². The first-order valence-electron chi connectivity index (χ1n) is 5.11. The van der Waals surface area contributed by atoms with E-state index < -0.39 is 6.10 Å². The number of aliphatic hydroxyl groups excluding tert-OH is 1. The highest BCUT2D eigenvalue weighted by Crippen LogP contribution is 2.31. The van der Waals surface area contributed by atoms with Gasteiger partial charge >= 0.3 is 0 Å². The SMILES string of the molecule is CC(C)CSc1ccc(C(C)O)cc1Br. The van der Waals surface area contributed by atoms with Crippen LogP contribution in [0.25, 0.3) is 0 Å². The van der Waals surface area contributed by atoms with Crippen molar-refractivity contribution in [1.82, 2.24) is 0 Å². The Balaban J connectivity index is 2.75. The summed E-state index contributed by atoms with van der Waals surface area (Å²) < 4.78 is 1.08. The van der Waals surface area contributed by atoms with Crippen LogP contribution in [0.2, 0.25) is 0 Å². The largest absolute Gasteiger partial charge is 0.389 e. The van der Waals surface area contributed by atoms with Gasteiger partial charge in [0.25, 0.3) is 0 Å². The van der Waals surface area contributed by atoms with Crippen LogP contribution in [0.5, 0.6) is 0 Å². The molecule has 0 aliphatic rings. The molecule has 0 heterocycles. The van der Waals surface area contributed by atoms with Crippen LogP contribution in [0.4, 0.5) is 0 Å². The molecule has 1 aromatic rings. The molecule has 1 N–H and O–H groups in total. The van der Waals surface area contributed by atoms with E-state index >= 15 is 0 Å². The Morgan fingerprint density at radius 2 is 2.00 bits per heavy atom. The summed E-state index contributed by atoms with van der Waals surface area (Å²) in [6, 6.07) is 6.05. The highest BCUT2D eigenvalue weighted by atomic mass is 79.9. The van der Waals surface area contributed by atoms with Gasteiger partial charge in [-0.1, -0.05) is 19.9 Å². The first-order valence-corrected chi connectivity index (χ1v) is 6.89. The second-order valence-corrected chi connectivity index (χ2v) is 5.99. The van der Waals surface area contributed by atoms with E-state index in [2.05, 4.69) is 35.8 Å². The average Bonchev–Trinajstić information content (AvgIpc) is 2.15. The van der Waals surface area contributed by atoms with Crippen molar-refractivity contribution in [3.8, 4) is 0 Å². The van der Waals surface area contributed by atoms with Crippen LogP contribution >= 0.6 is 27.7 Å². The van der Waals surface area contributed by atoms with Crippen LogP contribution in [-0.2, 0) is 0 Å². The maximum Gasteiger partial charge on any atom is 0.0762 e. The second kappa shape index (κ2) is 5.92. The van der Waals surface area contributed by atoms with Crippen molar-refractivity contribution in [3.05, 3.63) is 28.2 Å². The fourth-order valence-electron chi connectivity index (χ4n) is 1.15. The maximum atomic E-state index is 9.43. The van der Waals surface area contributed by atoms with E-state index in [-0.39, 0.29) is 0 Å². The highest BCUT2D eigenvalue weighted by molar-refractivity contribution is 9.10. The molecule has 1 nitrogen and oxygen atoms in total. The molecule has 0 aliphatic carbocycles. The number of halogens is 1. The summed E-state index contributed by atoms with van der Waals surface area (Å²) in [5.41, 5.74) is 0.954. The van der Waals surface area contributed by atoms with Gasteiger partial charge in [-0.2, -0.15) is 0 Å². The molecule has 3 heteroatoms. The summed E-state index contributed by atoms with van der Waals surface area (Å²) >= 11 is 5.38. The molecule has 0 aliphatic heterocycles. The van der Waals surface area contributed by atoms with Gasteiger partial charge in [0.1, 0.15) is 0 Å². The third kappa shape index (κ3) is 4.17. The minimum atomic E-state index is -0.398. The zero-order chi connectivity index (χ0) is 11.4. The van der Waals surface area contributed by atoms with E-state index in [1.165, 1.54) is 4.90 Å². The van der Waals surface area contributed by atoms with Crippen molar-refractivity contribution in [2.24, 2.45) is 5.92 Å². The lowest BCUT2D eigenvalue weighted by Gasteiger charge is -2.10. The Hall–Kier alpha value is 0.01000. The Kier molecular flexibility index (Phi) is 5.16. The molecule has 84 valence electrons. The van der Waals surface area contributed by atoms with Gasteiger partial charge in [-0.3, -0.25) is 0 Å². The number of aliphatic hydroxyl groups is 1. The van der Waals surface area contributed by atoms with Crippen molar-refractivity contribution < 1.29 is 5.11 Å². The molecule has 1 aromatic carbocycles. The number of thioether (sulfide) groups is 1. The first-order chi connectivity index (χ1) is 7.00. The van der Waals surface area contributed by atoms with Crippen LogP contribution in [0.1, 0.15) is 32.4 Å². The third-order valence-electron chi connectivity index (χ3n) is 2.01. The maximum absolute atomic E-state index is 9.43. The van der Waals surface area contributed by atoms with E-state index in [0.717, 1.165) is 15.8 Å². The average molecular weight is 289 g/mol. The van der Waals surface area contributed by atoms with Crippen molar-refractivity contribution in [2.45, 2.75) is 31.8 Å². The molecule has 0 radical (unpaired) electrons. The van der Waals surface area contributed by atoms with Crippen molar-refractivity contribution in [1.29, 1.82) is 0 Å². The molecule has 1 rings (SSSR count). The topological polar surface area (TPSA) is 20.2 Å². The molecule has 0 saturated heterocycles. The number of rotatable bonds is 4. The molecule has 0 spiro atoms. The van der Waals surface area contributed by atoms with Gasteiger partial charge in [-0.25, -0.2) is 0 Å². The van der Waals surface area contributed by atoms with Crippen LogP contribution < -0.4 is 0 Å². The summed E-state index contributed by atoms with van der Waals surface area (Å²) in [5.74, 6) is 1.81. The lowest BCUT2D eigenvalue weighted by atomic mass is 10.1. The predicted octanol–water partition coefficient (Wildman–Crippen LogP) is 4.25. The van der Waals surface area contributed by atoms with Crippen molar-refractivity contribution >= 4 is 27.7 Å². The normalized spacial score (nSPS) is 13.2. The van der Waals surface area contributed by atoms with Crippen LogP contribution in [-0.4, -0.2) is 10.9 Å². The molecule has 0 saturated carbocycles. The summed E-state index contributed by atoms with van der Waals surface area (Å²) in [6.45, 7) is 6.21. The quantitative estimate of drug-likeness (QED) is 0.836. The summed E-state index contributed by atoms with van der Waals surface area (Å²) in [4.78, 5) is 1.24. The minimum Gasteiger partial charge on any atom is -0.389 e. The standard InChI is InChI=1S/C12H17BrOS/c1-8(2)7-15-12-5-4-10(9(3)14)6-11(12)13/h4-6,8-9,14H,7H2,1-3H3. The molecular formula is C12H17BrOS. The van der Waals surface area contributed by atoms with E-state index in [1.54, 1.807) is 6.92 Å². The van der Waals surface area contributed by atoms with Gasteiger partial charge in [0.15, 0.2) is 0 Å². The molecule has 1 unspecified atom stereocenters. The van der Waals surface area contributed by atoms with Gasteiger partial charge in [0.05, 0.1) is 6.10 Å².